The highest BCUT2D eigenvalue weighted by Crippen LogP contribution is 2.16. The number of nitrogens with zero attached hydrogens (tertiary/aromatic N) is 1. The molecule has 0 bridgehead atoms. The number of thiophene rings is 1. The maximum Gasteiger partial charge on any atom is 0.265 e. The van der Waals surface area contributed by atoms with Crippen LogP contribution < -0.4 is 5.32 Å². The summed E-state index contributed by atoms with van der Waals surface area (Å²) in [6.07, 6.45) is 0. The number of rotatable bonds is 5. The minimum atomic E-state index is -0.963. The molecular weight excluding hydrogens is 312 g/mol. The van der Waals surface area contributed by atoms with E-state index in [1.54, 1.807) is 51.2 Å². The van der Waals surface area contributed by atoms with Gasteiger partial charge in [-0.1, -0.05) is 12.1 Å². The van der Waals surface area contributed by atoms with Gasteiger partial charge >= 0.3 is 0 Å². The first kappa shape index (κ1) is 17.2. The Balaban J connectivity index is 2.10. The predicted octanol–water partition coefficient (Wildman–Crippen LogP) is 2.84. The number of hydrogen-bond donors (Lipinski definition) is 2. The lowest BCUT2D eigenvalue weighted by molar-refractivity contribution is 0.0368. The molecule has 23 heavy (non-hydrogen) atoms. The topological polar surface area (TPSA) is 69.6 Å². The van der Waals surface area contributed by atoms with Crippen LogP contribution in [0.3, 0.4) is 0 Å². The van der Waals surface area contributed by atoms with Crippen LogP contribution in [0.5, 0.6) is 0 Å². The van der Waals surface area contributed by atoms with E-state index in [0.29, 0.717) is 16.1 Å². The monoisotopic (exact) mass is 332 g/mol. The third-order valence-electron chi connectivity index (χ3n) is 3.08. The largest absolute Gasteiger partial charge is 0.389 e. The first-order valence-corrected chi connectivity index (χ1v) is 8.07. The van der Waals surface area contributed by atoms with E-state index >= 15 is 0 Å². The van der Waals surface area contributed by atoms with E-state index < -0.39 is 5.60 Å². The maximum atomic E-state index is 12.4. The smallest absolute Gasteiger partial charge is 0.265 e. The molecule has 2 amide bonds. The molecule has 122 valence electrons. The lowest BCUT2D eigenvalue weighted by Gasteiger charge is -2.25. The molecular formula is C17H20N2O3S. The third kappa shape index (κ3) is 4.91. The van der Waals surface area contributed by atoms with Crippen molar-refractivity contribution in [3.8, 4) is 0 Å². The number of aliphatic hydroxyl groups is 1. The zero-order valence-corrected chi connectivity index (χ0v) is 14.2. The van der Waals surface area contributed by atoms with E-state index in [4.69, 9.17) is 0 Å². The van der Waals surface area contributed by atoms with E-state index in [1.165, 1.54) is 16.2 Å². The number of benzene rings is 1. The van der Waals surface area contributed by atoms with Crippen LogP contribution in [0.2, 0.25) is 0 Å². The molecule has 0 saturated heterocycles. The lowest BCUT2D eigenvalue weighted by Crippen LogP contribution is -2.39. The molecule has 0 saturated carbocycles. The van der Waals surface area contributed by atoms with Gasteiger partial charge < -0.3 is 15.3 Å². The van der Waals surface area contributed by atoms with E-state index in [2.05, 4.69) is 5.32 Å². The second kappa shape index (κ2) is 6.93. The highest BCUT2D eigenvalue weighted by molar-refractivity contribution is 7.12. The van der Waals surface area contributed by atoms with Crippen molar-refractivity contribution in [2.75, 3.05) is 18.9 Å². The average molecular weight is 332 g/mol. The van der Waals surface area contributed by atoms with Crippen LogP contribution in [0.25, 0.3) is 0 Å². The molecule has 0 aliphatic heterocycles. The van der Waals surface area contributed by atoms with Gasteiger partial charge in [-0.15, -0.1) is 11.3 Å². The van der Waals surface area contributed by atoms with Gasteiger partial charge in [-0.2, -0.15) is 0 Å². The number of hydrogen-bond acceptors (Lipinski definition) is 4. The van der Waals surface area contributed by atoms with Crippen molar-refractivity contribution >= 4 is 28.8 Å². The number of carbonyl (C=O) groups is 2. The first-order valence-electron chi connectivity index (χ1n) is 7.19. The number of nitrogens with one attached hydrogen (secondary N) is 1. The molecule has 1 heterocycles. The van der Waals surface area contributed by atoms with Crippen molar-refractivity contribution in [2.24, 2.45) is 0 Å². The van der Waals surface area contributed by atoms with E-state index in [-0.39, 0.29) is 18.4 Å². The molecule has 5 nitrogen and oxygen atoms in total. The molecule has 0 atom stereocenters. The fraction of sp³-hybridized carbons (Fsp3) is 0.294. The zero-order chi connectivity index (χ0) is 17.0. The SMILES string of the molecule is CN(CC(C)(C)O)C(=O)c1cccc(NC(=O)c2cccs2)c1. The van der Waals surface area contributed by atoms with Crippen molar-refractivity contribution in [1.82, 2.24) is 4.90 Å². The fourth-order valence-electron chi connectivity index (χ4n) is 2.20. The summed E-state index contributed by atoms with van der Waals surface area (Å²) < 4.78 is 0. The molecule has 1 aromatic heterocycles. The average Bonchev–Trinajstić information content (AvgIpc) is 2.99. The Kier molecular flexibility index (Phi) is 5.18. The summed E-state index contributed by atoms with van der Waals surface area (Å²) in [6, 6.07) is 10.3. The number of amides is 2. The Labute approximate surface area is 139 Å². The number of likely N-dealkylation sites (N-methyl/N-ethyl adjacent to an activating group) is 1. The standard InChI is InChI=1S/C17H20N2O3S/c1-17(2,22)11-19(3)16(21)12-6-4-7-13(10-12)18-15(20)14-8-5-9-23-14/h4-10,22H,11H2,1-3H3,(H,18,20). The Bertz CT molecular complexity index is 690. The van der Waals surface area contributed by atoms with Gasteiger partial charge in [0.1, 0.15) is 0 Å². The second-order valence-corrected chi connectivity index (χ2v) is 6.93. The van der Waals surface area contributed by atoms with Gasteiger partial charge in [0.25, 0.3) is 11.8 Å². The Hall–Kier alpha value is -2.18. The van der Waals surface area contributed by atoms with Crippen molar-refractivity contribution in [3.63, 3.8) is 0 Å². The summed E-state index contributed by atoms with van der Waals surface area (Å²) in [6.45, 7) is 3.51. The molecule has 0 unspecified atom stereocenters. The summed E-state index contributed by atoms with van der Waals surface area (Å²) in [5.74, 6) is -0.409. The van der Waals surface area contributed by atoms with E-state index in [0.717, 1.165) is 0 Å². The van der Waals surface area contributed by atoms with Gasteiger partial charge in [0.05, 0.1) is 10.5 Å². The summed E-state index contributed by atoms with van der Waals surface area (Å²) in [7, 11) is 1.64. The van der Waals surface area contributed by atoms with Gasteiger partial charge in [-0.25, -0.2) is 0 Å². The Morgan fingerprint density at radius 2 is 2.00 bits per heavy atom. The highest BCUT2D eigenvalue weighted by Gasteiger charge is 2.20. The van der Waals surface area contributed by atoms with Crippen molar-refractivity contribution in [2.45, 2.75) is 19.4 Å². The second-order valence-electron chi connectivity index (χ2n) is 5.99. The van der Waals surface area contributed by atoms with Crippen LogP contribution in [-0.4, -0.2) is 41.0 Å². The molecule has 2 N–H and O–H groups in total. The van der Waals surface area contributed by atoms with Crippen LogP contribution >= 0.6 is 11.3 Å². The van der Waals surface area contributed by atoms with Gasteiger partial charge in [0, 0.05) is 24.8 Å². The van der Waals surface area contributed by atoms with Gasteiger partial charge in [-0.05, 0) is 43.5 Å². The summed E-state index contributed by atoms with van der Waals surface area (Å²) in [5.41, 5.74) is 0.0571. The molecule has 2 rings (SSSR count). The minimum Gasteiger partial charge on any atom is -0.389 e. The van der Waals surface area contributed by atoms with Gasteiger partial charge in [0.15, 0.2) is 0 Å². The van der Waals surface area contributed by atoms with Crippen LogP contribution in [-0.2, 0) is 0 Å². The van der Waals surface area contributed by atoms with Crippen molar-refractivity contribution in [3.05, 3.63) is 52.2 Å². The van der Waals surface area contributed by atoms with Crippen molar-refractivity contribution < 1.29 is 14.7 Å². The number of anilines is 1. The molecule has 0 aliphatic rings. The number of carbonyl (C=O) groups excluding carboxylic acids is 2. The highest BCUT2D eigenvalue weighted by atomic mass is 32.1. The minimum absolute atomic E-state index is 0.200. The molecule has 0 spiro atoms. The molecule has 0 aliphatic carbocycles. The molecule has 1 aromatic carbocycles. The van der Waals surface area contributed by atoms with Crippen molar-refractivity contribution in [1.29, 1.82) is 0 Å². The van der Waals surface area contributed by atoms with Gasteiger partial charge in [-0.3, -0.25) is 9.59 Å². The zero-order valence-electron chi connectivity index (χ0n) is 13.4. The van der Waals surface area contributed by atoms with E-state index in [1.807, 2.05) is 11.4 Å². The molecule has 6 heteroatoms. The first-order chi connectivity index (χ1) is 10.8. The predicted molar refractivity (Wildman–Crippen MR) is 92.0 cm³/mol. The van der Waals surface area contributed by atoms with Crippen LogP contribution in [0.15, 0.2) is 41.8 Å². The molecule has 0 fully saturated rings. The van der Waals surface area contributed by atoms with Crippen LogP contribution in [0.4, 0.5) is 5.69 Å². The normalized spacial score (nSPS) is 11.1. The Morgan fingerprint density at radius 1 is 1.26 bits per heavy atom. The third-order valence-corrected chi connectivity index (χ3v) is 3.95. The van der Waals surface area contributed by atoms with Crippen LogP contribution in [0, 0.1) is 0 Å². The van der Waals surface area contributed by atoms with E-state index in [9.17, 15) is 14.7 Å². The molecule has 0 radical (unpaired) electrons. The maximum absolute atomic E-state index is 12.4. The van der Waals surface area contributed by atoms with Crippen LogP contribution in [0.1, 0.15) is 33.9 Å². The summed E-state index contributed by atoms with van der Waals surface area (Å²) in [5, 5.41) is 14.4. The summed E-state index contributed by atoms with van der Waals surface area (Å²) >= 11 is 1.36. The quantitative estimate of drug-likeness (QED) is 0.884. The lowest BCUT2D eigenvalue weighted by atomic mass is 10.1. The Morgan fingerprint density at radius 3 is 2.61 bits per heavy atom. The van der Waals surface area contributed by atoms with Gasteiger partial charge in [0.2, 0.25) is 0 Å². The summed E-state index contributed by atoms with van der Waals surface area (Å²) in [4.78, 5) is 26.5. The fourth-order valence-corrected chi connectivity index (χ4v) is 2.82. The molecule has 2 aromatic rings.